The highest BCUT2D eigenvalue weighted by Crippen LogP contribution is 2.22. The second kappa shape index (κ2) is 7.17. The maximum Gasteiger partial charge on any atom is 0.407 e. The standard InChI is InChI=1S/C17H22BrN3O2/c1-11(6-5-9-19-16(22)23-17(2,3)4)15-20-13-8-7-12(18)10-14(13)21-15/h7-8,10H,1,5-6,9H2,2-4H3,(H,19,22)(H,20,21). The van der Waals surface area contributed by atoms with Crippen molar-refractivity contribution in [3.63, 3.8) is 0 Å². The molecule has 0 radical (unpaired) electrons. The van der Waals surface area contributed by atoms with E-state index in [2.05, 4.69) is 37.8 Å². The molecule has 0 aliphatic carbocycles. The number of imidazole rings is 1. The third-order valence-corrected chi connectivity index (χ3v) is 3.60. The number of hydrogen-bond donors (Lipinski definition) is 2. The number of aromatic nitrogens is 2. The Balaban J connectivity index is 1.81. The Morgan fingerprint density at radius 2 is 2.17 bits per heavy atom. The largest absolute Gasteiger partial charge is 0.444 e. The van der Waals surface area contributed by atoms with Gasteiger partial charge in [-0.1, -0.05) is 22.5 Å². The number of fused-ring (bicyclic) bond motifs is 1. The molecule has 5 nitrogen and oxygen atoms in total. The molecule has 0 unspecified atom stereocenters. The number of allylic oxidation sites excluding steroid dienone is 1. The second-order valence-corrected chi connectivity index (χ2v) is 7.30. The number of aromatic amines is 1. The highest BCUT2D eigenvalue weighted by Gasteiger charge is 2.15. The molecule has 0 saturated heterocycles. The van der Waals surface area contributed by atoms with Gasteiger partial charge >= 0.3 is 6.09 Å². The number of nitrogens with zero attached hydrogens (tertiary/aromatic N) is 1. The summed E-state index contributed by atoms with van der Waals surface area (Å²) in [5, 5.41) is 2.74. The van der Waals surface area contributed by atoms with Gasteiger partial charge in [0.05, 0.1) is 11.0 Å². The normalized spacial score (nSPS) is 11.5. The quantitative estimate of drug-likeness (QED) is 0.743. The highest BCUT2D eigenvalue weighted by atomic mass is 79.9. The van der Waals surface area contributed by atoms with Crippen LogP contribution < -0.4 is 5.32 Å². The van der Waals surface area contributed by atoms with Crippen molar-refractivity contribution in [1.82, 2.24) is 15.3 Å². The van der Waals surface area contributed by atoms with E-state index in [9.17, 15) is 4.79 Å². The number of rotatable bonds is 5. The van der Waals surface area contributed by atoms with Gasteiger partial charge in [0.15, 0.2) is 0 Å². The predicted molar refractivity (Wildman–Crippen MR) is 96.3 cm³/mol. The van der Waals surface area contributed by atoms with Gasteiger partial charge in [0.1, 0.15) is 11.4 Å². The molecule has 1 aromatic heterocycles. The number of carbonyl (C=O) groups is 1. The van der Waals surface area contributed by atoms with E-state index in [1.54, 1.807) is 0 Å². The molecule has 0 aliphatic rings. The van der Waals surface area contributed by atoms with Crippen LogP contribution in [0.3, 0.4) is 0 Å². The van der Waals surface area contributed by atoms with Crippen LogP contribution in [0, 0.1) is 0 Å². The van der Waals surface area contributed by atoms with Crippen LogP contribution in [0.25, 0.3) is 16.6 Å². The summed E-state index contributed by atoms with van der Waals surface area (Å²) in [5.41, 5.74) is 2.33. The Kier molecular flexibility index (Phi) is 5.46. The van der Waals surface area contributed by atoms with Crippen molar-refractivity contribution >= 4 is 38.6 Å². The molecule has 0 atom stereocenters. The molecule has 6 heteroatoms. The third kappa shape index (κ3) is 5.39. The highest BCUT2D eigenvalue weighted by molar-refractivity contribution is 9.10. The number of halogens is 1. The van der Waals surface area contributed by atoms with E-state index in [-0.39, 0.29) is 0 Å². The van der Waals surface area contributed by atoms with Crippen LogP contribution in [0.1, 0.15) is 39.4 Å². The molecule has 124 valence electrons. The van der Waals surface area contributed by atoms with Crippen molar-refractivity contribution < 1.29 is 9.53 Å². The Bertz CT molecular complexity index is 716. The smallest absolute Gasteiger partial charge is 0.407 e. The maximum absolute atomic E-state index is 11.5. The molecule has 0 fully saturated rings. The van der Waals surface area contributed by atoms with Gasteiger partial charge in [0, 0.05) is 11.0 Å². The lowest BCUT2D eigenvalue weighted by molar-refractivity contribution is 0.0527. The fraction of sp³-hybridized carbons (Fsp3) is 0.412. The summed E-state index contributed by atoms with van der Waals surface area (Å²) >= 11 is 3.44. The fourth-order valence-electron chi connectivity index (χ4n) is 2.07. The first-order valence-corrected chi connectivity index (χ1v) is 8.34. The van der Waals surface area contributed by atoms with E-state index in [1.807, 2.05) is 39.0 Å². The predicted octanol–water partition coefficient (Wildman–Crippen LogP) is 4.64. The number of alkyl carbamates (subject to hydrolysis) is 1. The molecule has 2 aromatic rings. The third-order valence-electron chi connectivity index (χ3n) is 3.10. The number of H-pyrrole nitrogens is 1. The lowest BCUT2D eigenvalue weighted by atomic mass is 10.1. The van der Waals surface area contributed by atoms with Crippen molar-refractivity contribution in [1.29, 1.82) is 0 Å². The van der Waals surface area contributed by atoms with Gasteiger partial charge in [-0.05, 0) is 57.4 Å². The van der Waals surface area contributed by atoms with Gasteiger partial charge in [-0.2, -0.15) is 0 Å². The number of nitrogens with one attached hydrogen (secondary N) is 2. The van der Waals surface area contributed by atoms with E-state index in [4.69, 9.17) is 4.74 Å². The van der Waals surface area contributed by atoms with Gasteiger partial charge in [0.2, 0.25) is 0 Å². The number of ether oxygens (including phenoxy) is 1. The molecule has 2 rings (SSSR count). The summed E-state index contributed by atoms with van der Waals surface area (Å²) in [6.07, 6.45) is 1.13. The molecule has 0 bridgehead atoms. The minimum absolute atomic E-state index is 0.392. The Morgan fingerprint density at radius 3 is 2.87 bits per heavy atom. The lowest BCUT2D eigenvalue weighted by Gasteiger charge is -2.19. The molecule has 0 saturated carbocycles. The van der Waals surface area contributed by atoms with Crippen molar-refractivity contribution in [2.45, 2.75) is 39.2 Å². The van der Waals surface area contributed by atoms with Gasteiger partial charge in [-0.15, -0.1) is 0 Å². The summed E-state index contributed by atoms with van der Waals surface area (Å²) in [5.74, 6) is 0.787. The fourth-order valence-corrected chi connectivity index (χ4v) is 2.44. The first-order valence-electron chi connectivity index (χ1n) is 7.55. The van der Waals surface area contributed by atoms with E-state index >= 15 is 0 Å². The molecular formula is C17H22BrN3O2. The maximum atomic E-state index is 11.5. The first kappa shape index (κ1) is 17.5. The Hall–Kier alpha value is -1.82. The van der Waals surface area contributed by atoms with Gasteiger partial charge < -0.3 is 15.0 Å². The number of amides is 1. The van der Waals surface area contributed by atoms with Gasteiger partial charge in [0.25, 0.3) is 0 Å². The van der Waals surface area contributed by atoms with Crippen molar-refractivity contribution in [2.24, 2.45) is 0 Å². The molecular weight excluding hydrogens is 358 g/mol. The van der Waals surface area contributed by atoms with E-state index in [1.165, 1.54) is 0 Å². The van der Waals surface area contributed by atoms with E-state index in [0.29, 0.717) is 6.54 Å². The zero-order valence-corrected chi connectivity index (χ0v) is 15.3. The van der Waals surface area contributed by atoms with Crippen LogP contribution in [0.2, 0.25) is 0 Å². The minimum atomic E-state index is -0.476. The average Bonchev–Trinajstić information content (AvgIpc) is 2.84. The van der Waals surface area contributed by atoms with E-state index in [0.717, 1.165) is 39.7 Å². The van der Waals surface area contributed by atoms with Crippen molar-refractivity contribution in [2.75, 3.05) is 6.54 Å². The van der Waals surface area contributed by atoms with Crippen LogP contribution in [0.15, 0.2) is 29.3 Å². The zero-order valence-electron chi connectivity index (χ0n) is 13.7. The molecule has 0 spiro atoms. The van der Waals surface area contributed by atoms with Crippen LogP contribution in [-0.2, 0) is 4.74 Å². The monoisotopic (exact) mass is 379 g/mol. The molecule has 23 heavy (non-hydrogen) atoms. The lowest BCUT2D eigenvalue weighted by Crippen LogP contribution is -2.33. The second-order valence-electron chi connectivity index (χ2n) is 6.38. The Labute approximate surface area is 144 Å². The average molecular weight is 380 g/mol. The minimum Gasteiger partial charge on any atom is -0.444 e. The molecule has 1 amide bonds. The van der Waals surface area contributed by atoms with Gasteiger partial charge in [-0.25, -0.2) is 9.78 Å². The molecule has 0 aliphatic heterocycles. The number of hydrogen-bond acceptors (Lipinski definition) is 3. The van der Waals surface area contributed by atoms with E-state index < -0.39 is 11.7 Å². The number of carbonyl (C=O) groups excluding carboxylic acids is 1. The SMILES string of the molecule is C=C(CCCNC(=O)OC(C)(C)C)c1nc2ccc(Br)cc2[nH]1. The Morgan fingerprint density at radius 1 is 1.43 bits per heavy atom. The van der Waals surface area contributed by atoms with Crippen molar-refractivity contribution in [3.8, 4) is 0 Å². The van der Waals surface area contributed by atoms with Crippen LogP contribution >= 0.6 is 15.9 Å². The summed E-state index contributed by atoms with van der Waals surface area (Å²) in [6.45, 7) is 10.1. The summed E-state index contributed by atoms with van der Waals surface area (Å²) < 4.78 is 6.19. The topological polar surface area (TPSA) is 67.0 Å². The summed E-state index contributed by atoms with van der Waals surface area (Å²) in [7, 11) is 0. The van der Waals surface area contributed by atoms with Gasteiger partial charge in [-0.3, -0.25) is 0 Å². The molecule has 1 heterocycles. The van der Waals surface area contributed by atoms with Crippen LogP contribution in [0.5, 0.6) is 0 Å². The van der Waals surface area contributed by atoms with Crippen LogP contribution in [-0.4, -0.2) is 28.2 Å². The van der Waals surface area contributed by atoms with Crippen LogP contribution in [0.4, 0.5) is 4.79 Å². The number of benzene rings is 1. The zero-order chi connectivity index (χ0) is 17.0. The summed E-state index contributed by atoms with van der Waals surface area (Å²) in [6, 6.07) is 5.90. The first-order chi connectivity index (χ1) is 10.7. The van der Waals surface area contributed by atoms with Crippen molar-refractivity contribution in [3.05, 3.63) is 35.1 Å². The molecule has 1 aromatic carbocycles. The summed E-state index contributed by atoms with van der Waals surface area (Å²) in [4.78, 5) is 19.3. The molecule has 2 N–H and O–H groups in total.